The van der Waals surface area contributed by atoms with Crippen LogP contribution in [0.25, 0.3) is 0 Å². The highest BCUT2D eigenvalue weighted by Crippen LogP contribution is 2.31. The van der Waals surface area contributed by atoms with Gasteiger partial charge < -0.3 is 5.11 Å². The van der Waals surface area contributed by atoms with Gasteiger partial charge in [0.15, 0.2) is 5.69 Å². The van der Waals surface area contributed by atoms with Gasteiger partial charge in [-0.3, -0.25) is 0 Å². The Morgan fingerprint density at radius 1 is 1.29 bits per heavy atom. The van der Waals surface area contributed by atoms with Crippen LogP contribution in [0.5, 0.6) is 0 Å². The van der Waals surface area contributed by atoms with E-state index in [0.29, 0.717) is 10.4 Å². The first-order valence-corrected chi connectivity index (χ1v) is 6.80. The lowest BCUT2D eigenvalue weighted by Gasteiger charge is -2.09. The molecular weight excluding hydrogens is 307 g/mol. The van der Waals surface area contributed by atoms with E-state index in [1.54, 1.807) is 0 Å². The summed E-state index contributed by atoms with van der Waals surface area (Å²) < 4.78 is 39.2. The summed E-state index contributed by atoms with van der Waals surface area (Å²) in [6.45, 7) is -0.0886. The molecule has 1 aromatic carbocycles. The Bertz CT molecular complexity index is 628. The fourth-order valence-electron chi connectivity index (χ4n) is 1.66. The highest BCUT2D eigenvalue weighted by atomic mass is 32.2. The number of nitrogens with zero attached hydrogens (tertiary/aromatic N) is 3. The molecule has 0 bridgehead atoms. The molecule has 0 atom stereocenters. The standard InChI is InChI=1S/C12H10F3N3O2S/c13-12(14,15)10-9(11(19)20)16-17-18(10)6-7-21-8-4-2-1-3-5-8/h1-5H,6-7H2,(H,19,20). The van der Waals surface area contributed by atoms with Crippen molar-refractivity contribution in [3.8, 4) is 0 Å². The number of rotatable bonds is 5. The van der Waals surface area contributed by atoms with E-state index < -0.39 is 23.5 Å². The van der Waals surface area contributed by atoms with Crippen molar-refractivity contribution < 1.29 is 23.1 Å². The Morgan fingerprint density at radius 2 is 1.95 bits per heavy atom. The summed E-state index contributed by atoms with van der Waals surface area (Å²) in [6.07, 6.45) is -4.81. The zero-order valence-electron chi connectivity index (χ0n) is 10.5. The van der Waals surface area contributed by atoms with Crippen molar-refractivity contribution in [3.05, 3.63) is 41.7 Å². The molecule has 5 nitrogen and oxygen atoms in total. The van der Waals surface area contributed by atoms with Gasteiger partial charge in [0, 0.05) is 10.6 Å². The van der Waals surface area contributed by atoms with Crippen LogP contribution in [0.1, 0.15) is 16.2 Å². The predicted molar refractivity (Wildman–Crippen MR) is 69.1 cm³/mol. The molecule has 0 saturated heterocycles. The highest BCUT2D eigenvalue weighted by molar-refractivity contribution is 7.99. The molecule has 2 aromatic rings. The molecule has 0 spiro atoms. The Morgan fingerprint density at radius 3 is 2.52 bits per heavy atom. The second-order valence-corrected chi connectivity index (χ2v) is 5.14. The van der Waals surface area contributed by atoms with Crippen molar-refractivity contribution in [2.24, 2.45) is 0 Å². The van der Waals surface area contributed by atoms with E-state index in [0.717, 1.165) is 4.90 Å². The molecule has 0 amide bonds. The lowest BCUT2D eigenvalue weighted by Crippen LogP contribution is -2.19. The van der Waals surface area contributed by atoms with E-state index in [9.17, 15) is 18.0 Å². The second-order valence-electron chi connectivity index (χ2n) is 3.97. The zero-order valence-corrected chi connectivity index (χ0v) is 11.4. The minimum absolute atomic E-state index is 0.0886. The van der Waals surface area contributed by atoms with Crippen molar-refractivity contribution in [1.82, 2.24) is 15.0 Å². The topological polar surface area (TPSA) is 68.0 Å². The van der Waals surface area contributed by atoms with Crippen LogP contribution in [0.2, 0.25) is 0 Å². The Hall–Kier alpha value is -2.03. The maximum absolute atomic E-state index is 12.9. The first-order valence-electron chi connectivity index (χ1n) is 5.81. The molecular formula is C12H10F3N3O2S. The number of aromatic carboxylic acids is 1. The summed E-state index contributed by atoms with van der Waals surface area (Å²) >= 11 is 1.35. The normalized spacial score (nSPS) is 11.6. The van der Waals surface area contributed by atoms with Gasteiger partial charge in [-0.2, -0.15) is 13.2 Å². The summed E-state index contributed by atoms with van der Waals surface area (Å²) in [5.74, 6) is -1.43. The van der Waals surface area contributed by atoms with E-state index in [2.05, 4.69) is 10.3 Å². The molecule has 1 aromatic heterocycles. The number of halogens is 3. The van der Waals surface area contributed by atoms with E-state index in [-0.39, 0.29) is 6.54 Å². The van der Waals surface area contributed by atoms with Crippen molar-refractivity contribution in [2.45, 2.75) is 17.6 Å². The van der Waals surface area contributed by atoms with E-state index in [4.69, 9.17) is 5.11 Å². The first-order chi connectivity index (χ1) is 9.89. The van der Waals surface area contributed by atoms with Crippen molar-refractivity contribution in [2.75, 3.05) is 5.75 Å². The fraction of sp³-hybridized carbons (Fsp3) is 0.250. The summed E-state index contributed by atoms with van der Waals surface area (Å²) in [5, 5.41) is 15.1. The maximum atomic E-state index is 12.9. The van der Waals surface area contributed by atoms with Crippen LogP contribution < -0.4 is 0 Å². The lowest BCUT2D eigenvalue weighted by atomic mass is 10.3. The molecule has 0 fully saturated rings. The monoisotopic (exact) mass is 317 g/mol. The lowest BCUT2D eigenvalue weighted by molar-refractivity contribution is -0.144. The van der Waals surface area contributed by atoms with Crippen LogP contribution in [0.3, 0.4) is 0 Å². The number of hydrogen-bond acceptors (Lipinski definition) is 4. The van der Waals surface area contributed by atoms with E-state index >= 15 is 0 Å². The summed E-state index contributed by atoms with van der Waals surface area (Å²) in [5.41, 5.74) is -2.41. The quantitative estimate of drug-likeness (QED) is 0.859. The van der Waals surface area contributed by atoms with Gasteiger partial charge >= 0.3 is 12.1 Å². The summed E-state index contributed by atoms with van der Waals surface area (Å²) in [7, 11) is 0. The number of aryl methyl sites for hydroxylation is 1. The van der Waals surface area contributed by atoms with Crippen LogP contribution in [0.15, 0.2) is 35.2 Å². The minimum Gasteiger partial charge on any atom is -0.476 e. The van der Waals surface area contributed by atoms with Crippen LogP contribution >= 0.6 is 11.8 Å². The van der Waals surface area contributed by atoms with Gasteiger partial charge in [-0.1, -0.05) is 23.4 Å². The third kappa shape index (κ3) is 3.75. The number of carboxylic acid groups (broad SMARTS) is 1. The SMILES string of the molecule is O=C(O)c1nnn(CCSc2ccccc2)c1C(F)(F)F. The molecule has 0 aliphatic rings. The number of carboxylic acids is 1. The summed E-state index contributed by atoms with van der Waals surface area (Å²) in [6, 6.07) is 9.14. The third-order valence-electron chi connectivity index (χ3n) is 2.52. The van der Waals surface area contributed by atoms with Crippen LogP contribution in [0.4, 0.5) is 13.2 Å². The fourth-order valence-corrected chi connectivity index (χ4v) is 2.51. The van der Waals surface area contributed by atoms with Crippen LogP contribution in [-0.4, -0.2) is 31.8 Å². The highest BCUT2D eigenvalue weighted by Gasteiger charge is 2.41. The molecule has 1 heterocycles. The summed E-state index contributed by atoms with van der Waals surface area (Å²) in [4.78, 5) is 11.7. The van der Waals surface area contributed by atoms with Crippen molar-refractivity contribution in [1.29, 1.82) is 0 Å². The van der Waals surface area contributed by atoms with E-state index in [1.165, 1.54) is 11.8 Å². The van der Waals surface area contributed by atoms with Gasteiger partial charge in [-0.25, -0.2) is 9.48 Å². The second kappa shape index (κ2) is 6.17. The number of thioether (sulfide) groups is 1. The van der Waals surface area contributed by atoms with Gasteiger partial charge in [0.05, 0.1) is 6.54 Å². The van der Waals surface area contributed by atoms with Gasteiger partial charge in [0.2, 0.25) is 5.69 Å². The molecule has 2 rings (SSSR count). The van der Waals surface area contributed by atoms with Gasteiger partial charge in [-0.05, 0) is 12.1 Å². The maximum Gasteiger partial charge on any atom is 0.435 e. The molecule has 21 heavy (non-hydrogen) atoms. The largest absolute Gasteiger partial charge is 0.476 e. The van der Waals surface area contributed by atoms with Gasteiger partial charge in [-0.15, -0.1) is 16.9 Å². The number of alkyl halides is 3. The number of aromatic nitrogens is 3. The molecule has 1 N–H and O–H groups in total. The van der Waals surface area contributed by atoms with Crippen LogP contribution in [-0.2, 0) is 12.7 Å². The molecule has 0 aliphatic heterocycles. The van der Waals surface area contributed by atoms with E-state index in [1.807, 2.05) is 30.3 Å². The molecule has 0 saturated carbocycles. The minimum atomic E-state index is -4.81. The molecule has 112 valence electrons. The smallest absolute Gasteiger partial charge is 0.435 e. The Kier molecular flexibility index (Phi) is 4.51. The molecule has 9 heteroatoms. The average molecular weight is 317 g/mol. The Labute approximate surface area is 121 Å². The Balaban J connectivity index is 2.12. The zero-order chi connectivity index (χ0) is 15.5. The van der Waals surface area contributed by atoms with Gasteiger partial charge in [0.25, 0.3) is 0 Å². The van der Waals surface area contributed by atoms with Crippen molar-refractivity contribution >= 4 is 17.7 Å². The van der Waals surface area contributed by atoms with Gasteiger partial charge in [0.1, 0.15) is 0 Å². The number of hydrogen-bond donors (Lipinski definition) is 1. The number of carbonyl (C=O) groups is 1. The van der Waals surface area contributed by atoms with Crippen molar-refractivity contribution in [3.63, 3.8) is 0 Å². The van der Waals surface area contributed by atoms with Crippen LogP contribution in [0, 0.1) is 0 Å². The molecule has 0 radical (unpaired) electrons. The number of benzene rings is 1. The molecule has 0 aliphatic carbocycles. The first kappa shape index (κ1) is 15.4. The molecule has 0 unspecified atom stereocenters. The third-order valence-corrected chi connectivity index (χ3v) is 3.51. The predicted octanol–water partition coefficient (Wildman–Crippen LogP) is 2.79. The average Bonchev–Trinajstić information content (AvgIpc) is 2.84.